The van der Waals surface area contributed by atoms with E-state index in [4.69, 9.17) is 5.90 Å². The largest absolute Gasteiger partial charge is 0.337 e. The van der Waals surface area contributed by atoms with Gasteiger partial charge in [-0.25, -0.2) is 5.90 Å². The molecule has 1 fully saturated rings. The number of likely N-dealkylation sites (tertiary alicyclic amines) is 1. The van der Waals surface area contributed by atoms with Crippen LogP contribution in [0.3, 0.4) is 0 Å². The molecule has 1 amide bonds. The quantitative estimate of drug-likeness (QED) is 0.654. The molecule has 13 heavy (non-hydrogen) atoms. The fraction of sp³-hybridized carbons (Fsp3) is 0.889. The fourth-order valence-electron chi connectivity index (χ4n) is 1.74. The van der Waals surface area contributed by atoms with Gasteiger partial charge in [0.2, 0.25) is 5.91 Å². The number of hydrogen-bond donors (Lipinski definition) is 1. The van der Waals surface area contributed by atoms with Gasteiger partial charge < -0.3 is 9.74 Å². The molecule has 2 N–H and O–H groups in total. The molecule has 1 unspecified atom stereocenters. The number of rotatable bonds is 3. The summed E-state index contributed by atoms with van der Waals surface area (Å²) < 4.78 is 0. The molecule has 1 aliphatic rings. The maximum absolute atomic E-state index is 11.7. The molecule has 0 bridgehead atoms. The van der Waals surface area contributed by atoms with E-state index in [-0.39, 0.29) is 17.9 Å². The van der Waals surface area contributed by atoms with Crippen molar-refractivity contribution in [3.8, 4) is 0 Å². The van der Waals surface area contributed by atoms with Crippen LogP contribution < -0.4 is 5.90 Å². The third-order valence-electron chi connectivity index (χ3n) is 2.44. The Morgan fingerprint density at radius 1 is 1.69 bits per heavy atom. The number of amides is 1. The Morgan fingerprint density at radius 2 is 2.38 bits per heavy atom. The van der Waals surface area contributed by atoms with Gasteiger partial charge in [-0.15, -0.1) is 0 Å². The number of carbonyl (C=O) groups is 1. The van der Waals surface area contributed by atoms with E-state index in [2.05, 4.69) is 4.84 Å². The Balaban J connectivity index is 2.52. The van der Waals surface area contributed by atoms with Crippen LogP contribution in [0.1, 0.15) is 26.7 Å². The second-order valence-electron chi connectivity index (χ2n) is 3.82. The Morgan fingerprint density at radius 3 is 2.92 bits per heavy atom. The lowest BCUT2D eigenvalue weighted by Crippen LogP contribution is -2.41. The Bertz CT molecular complexity index is 182. The highest BCUT2D eigenvalue weighted by Gasteiger charge is 2.29. The van der Waals surface area contributed by atoms with Crippen molar-refractivity contribution in [2.24, 2.45) is 11.8 Å². The lowest BCUT2D eigenvalue weighted by molar-refractivity contribution is -0.136. The van der Waals surface area contributed by atoms with Crippen molar-refractivity contribution in [1.29, 1.82) is 0 Å². The number of hydrogen-bond acceptors (Lipinski definition) is 3. The van der Waals surface area contributed by atoms with Gasteiger partial charge >= 0.3 is 0 Å². The van der Waals surface area contributed by atoms with E-state index in [1.54, 1.807) is 0 Å². The SMILES string of the molecule is CC(C)C(=O)N1CCCC1CON. The number of nitrogens with zero attached hydrogens (tertiary/aromatic N) is 1. The van der Waals surface area contributed by atoms with Crippen LogP contribution in [-0.4, -0.2) is 30.0 Å². The van der Waals surface area contributed by atoms with Gasteiger partial charge in [-0.3, -0.25) is 4.79 Å². The molecule has 0 aromatic carbocycles. The summed E-state index contributed by atoms with van der Waals surface area (Å²) in [5, 5.41) is 0. The molecule has 1 rings (SSSR count). The van der Waals surface area contributed by atoms with Crippen LogP contribution in [0.2, 0.25) is 0 Å². The van der Waals surface area contributed by atoms with Crippen molar-refractivity contribution in [2.75, 3.05) is 13.2 Å². The third-order valence-corrected chi connectivity index (χ3v) is 2.44. The zero-order valence-corrected chi connectivity index (χ0v) is 8.32. The highest BCUT2D eigenvalue weighted by Crippen LogP contribution is 2.19. The van der Waals surface area contributed by atoms with Crippen molar-refractivity contribution in [3.05, 3.63) is 0 Å². The topological polar surface area (TPSA) is 55.6 Å². The minimum absolute atomic E-state index is 0.0679. The Hall–Kier alpha value is -0.610. The monoisotopic (exact) mass is 186 g/mol. The van der Waals surface area contributed by atoms with Gasteiger partial charge in [-0.1, -0.05) is 13.8 Å². The minimum atomic E-state index is 0.0679. The molecule has 0 spiro atoms. The summed E-state index contributed by atoms with van der Waals surface area (Å²) >= 11 is 0. The van der Waals surface area contributed by atoms with E-state index in [9.17, 15) is 4.79 Å². The van der Waals surface area contributed by atoms with Crippen LogP contribution in [0, 0.1) is 5.92 Å². The van der Waals surface area contributed by atoms with Crippen LogP contribution in [0.15, 0.2) is 0 Å². The van der Waals surface area contributed by atoms with Gasteiger partial charge in [0.15, 0.2) is 0 Å². The smallest absolute Gasteiger partial charge is 0.225 e. The normalized spacial score (nSPS) is 22.8. The van der Waals surface area contributed by atoms with Crippen molar-refractivity contribution in [2.45, 2.75) is 32.7 Å². The van der Waals surface area contributed by atoms with Gasteiger partial charge in [0, 0.05) is 12.5 Å². The molecule has 4 nitrogen and oxygen atoms in total. The molecule has 0 radical (unpaired) electrons. The molecular weight excluding hydrogens is 168 g/mol. The van der Waals surface area contributed by atoms with Gasteiger partial charge in [-0.2, -0.15) is 0 Å². The van der Waals surface area contributed by atoms with E-state index >= 15 is 0 Å². The summed E-state index contributed by atoms with van der Waals surface area (Å²) in [7, 11) is 0. The van der Waals surface area contributed by atoms with Crippen LogP contribution >= 0.6 is 0 Å². The number of carbonyl (C=O) groups excluding carboxylic acids is 1. The van der Waals surface area contributed by atoms with Crippen molar-refractivity contribution in [3.63, 3.8) is 0 Å². The van der Waals surface area contributed by atoms with E-state index in [0.717, 1.165) is 19.4 Å². The molecule has 0 saturated carbocycles. The summed E-state index contributed by atoms with van der Waals surface area (Å²) in [6.07, 6.45) is 2.07. The third kappa shape index (κ3) is 2.42. The van der Waals surface area contributed by atoms with E-state index in [1.807, 2.05) is 18.7 Å². The van der Waals surface area contributed by atoms with E-state index in [0.29, 0.717) is 6.61 Å². The van der Waals surface area contributed by atoms with E-state index in [1.165, 1.54) is 0 Å². The average Bonchev–Trinajstić information content (AvgIpc) is 2.52. The second kappa shape index (κ2) is 4.58. The molecule has 0 aliphatic carbocycles. The van der Waals surface area contributed by atoms with E-state index < -0.39 is 0 Å². The van der Waals surface area contributed by atoms with Crippen LogP contribution in [-0.2, 0) is 9.63 Å². The molecule has 1 aliphatic heterocycles. The zero-order valence-electron chi connectivity index (χ0n) is 8.32. The molecule has 1 heterocycles. The highest BCUT2D eigenvalue weighted by molar-refractivity contribution is 5.78. The molecule has 4 heteroatoms. The first-order valence-corrected chi connectivity index (χ1v) is 4.79. The van der Waals surface area contributed by atoms with Gasteiger partial charge in [0.1, 0.15) is 0 Å². The summed E-state index contributed by atoms with van der Waals surface area (Å²) in [4.78, 5) is 18.1. The van der Waals surface area contributed by atoms with Crippen LogP contribution in [0.5, 0.6) is 0 Å². The molecular formula is C9H18N2O2. The highest BCUT2D eigenvalue weighted by atomic mass is 16.6. The van der Waals surface area contributed by atoms with Crippen LogP contribution in [0.4, 0.5) is 0 Å². The second-order valence-corrected chi connectivity index (χ2v) is 3.82. The first-order chi connectivity index (χ1) is 6.16. The number of nitrogens with two attached hydrogens (primary N) is 1. The maximum atomic E-state index is 11.7. The summed E-state index contributed by atoms with van der Waals surface area (Å²) in [5.41, 5.74) is 0. The lowest BCUT2D eigenvalue weighted by Gasteiger charge is -2.25. The molecule has 0 aromatic rings. The van der Waals surface area contributed by atoms with Crippen molar-refractivity contribution < 1.29 is 9.63 Å². The first kappa shape index (κ1) is 10.5. The maximum Gasteiger partial charge on any atom is 0.225 e. The van der Waals surface area contributed by atoms with Crippen LogP contribution in [0.25, 0.3) is 0 Å². The van der Waals surface area contributed by atoms with Crippen molar-refractivity contribution >= 4 is 5.91 Å². The van der Waals surface area contributed by atoms with Gasteiger partial charge in [0.05, 0.1) is 12.6 Å². The fourth-order valence-corrected chi connectivity index (χ4v) is 1.74. The zero-order chi connectivity index (χ0) is 9.84. The molecule has 1 atom stereocenters. The van der Waals surface area contributed by atoms with Crippen molar-refractivity contribution in [1.82, 2.24) is 4.90 Å². The summed E-state index contributed by atoms with van der Waals surface area (Å²) in [5.74, 6) is 5.28. The first-order valence-electron chi connectivity index (χ1n) is 4.79. The summed E-state index contributed by atoms with van der Waals surface area (Å²) in [6.45, 7) is 5.14. The predicted octanol–water partition coefficient (Wildman–Crippen LogP) is 0.524. The standard InChI is InChI=1S/C9H18N2O2/c1-7(2)9(12)11-5-3-4-8(11)6-13-10/h7-8H,3-6,10H2,1-2H3. The average molecular weight is 186 g/mol. The van der Waals surface area contributed by atoms with Gasteiger partial charge in [0.25, 0.3) is 0 Å². The molecule has 0 aromatic heterocycles. The minimum Gasteiger partial charge on any atom is -0.337 e. The molecule has 1 saturated heterocycles. The predicted molar refractivity (Wildman–Crippen MR) is 49.7 cm³/mol. The molecule has 76 valence electrons. The van der Waals surface area contributed by atoms with Gasteiger partial charge in [-0.05, 0) is 12.8 Å². The Kier molecular flexibility index (Phi) is 3.69. The summed E-state index contributed by atoms with van der Waals surface area (Å²) in [6, 6.07) is 0.194. The lowest BCUT2D eigenvalue weighted by atomic mass is 10.1. The Labute approximate surface area is 79.0 Å².